The Morgan fingerprint density at radius 2 is 2.05 bits per heavy atom. The van der Waals surface area contributed by atoms with Gasteiger partial charge in [0.15, 0.2) is 5.65 Å². The summed E-state index contributed by atoms with van der Waals surface area (Å²) >= 11 is 3.20. The molecule has 0 aliphatic rings. The van der Waals surface area contributed by atoms with Crippen LogP contribution in [0, 0.1) is 19.7 Å². The molecule has 0 amide bonds. The Hall–Kier alpha value is -1.89. The van der Waals surface area contributed by atoms with E-state index < -0.39 is 0 Å². The van der Waals surface area contributed by atoms with Crippen molar-refractivity contribution in [2.45, 2.75) is 27.3 Å². The average molecular weight is 352 g/mol. The monoisotopic (exact) mass is 351 g/mol. The zero-order valence-electron chi connectivity index (χ0n) is 12.0. The highest BCUT2D eigenvalue weighted by molar-refractivity contribution is 9.10. The van der Waals surface area contributed by atoms with Crippen molar-refractivity contribution in [3.63, 3.8) is 0 Å². The number of anilines is 1. The van der Waals surface area contributed by atoms with Crippen LogP contribution in [0.2, 0.25) is 0 Å². The fourth-order valence-electron chi connectivity index (χ4n) is 2.52. The lowest BCUT2D eigenvalue weighted by Gasteiger charge is -2.12. The number of rotatable bonds is 2. The van der Waals surface area contributed by atoms with Gasteiger partial charge >= 0.3 is 0 Å². The van der Waals surface area contributed by atoms with E-state index in [-0.39, 0.29) is 5.82 Å². The summed E-state index contributed by atoms with van der Waals surface area (Å²) in [6.45, 7) is 6.48. The maximum absolute atomic E-state index is 13.9. The third kappa shape index (κ3) is 2.03. The van der Waals surface area contributed by atoms with Gasteiger partial charge in [-0.05, 0) is 54.4 Å². The van der Waals surface area contributed by atoms with E-state index in [1.54, 1.807) is 10.6 Å². The smallest absolute Gasteiger partial charge is 0.207 e. The predicted molar refractivity (Wildman–Crippen MR) is 84.1 cm³/mol. The Labute approximate surface area is 129 Å². The van der Waals surface area contributed by atoms with Crippen molar-refractivity contribution in [1.82, 2.24) is 19.3 Å². The van der Waals surface area contributed by atoms with Crippen LogP contribution in [0.3, 0.4) is 0 Å². The fraction of sp³-hybridized carbons (Fsp3) is 0.286. The van der Waals surface area contributed by atoms with Crippen molar-refractivity contribution in [1.29, 1.82) is 0 Å². The molecule has 2 heterocycles. The van der Waals surface area contributed by atoms with Gasteiger partial charge in [0, 0.05) is 6.54 Å². The van der Waals surface area contributed by atoms with Crippen LogP contribution in [-0.4, -0.2) is 19.3 Å². The molecule has 5 nitrogen and oxygen atoms in total. The SMILES string of the molecule is CCn1nc(C)c2nc(N)n(-c3cc(F)c(Br)cc3C)c21. The topological polar surface area (TPSA) is 61.7 Å². The highest BCUT2D eigenvalue weighted by Gasteiger charge is 2.19. The molecule has 2 aromatic heterocycles. The lowest BCUT2D eigenvalue weighted by atomic mass is 10.2. The van der Waals surface area contributed by atoms with Gasteiger partial charge < -0.3 is 5.73 Å². The summed E-state index contributed by atoms with van der Waals surface area (Å²) < 4.78 is 17.9. The molecule has 3 aromatic rings. The van der Waals surface area contributed by atoms with Crippen LogP contribution in [0.25, 0.3) is 16.9 Å². The summed E-state index contributed by atoms with van der Waals surface area (Å²) in [6.07, 6.45) is 0. The van der Waals surface area contributed by atoms with Crippen molar-refractivity contribution in [2.24, 2.45) is 0 Å². The van der Waals surface area contributed by atoms with Gasteiger partial charge in [0.2, 0.25) is 5.95 Å². The second kappa shape index (κ2) is 4.84. The lowest BCUT2D eigenvalue weighted by molar-refractivity contribution is 0.618. The molecule has 0 fully saturated rings. The molecule has 0 spiro atoms. The Kier molecular flexibility index (Phi) is 3.24. The molecule has 0 unspecified atom stereocenters. The Morgan fingerprint density at radius 3 is 2.71 bits per heavy atom. The minimum atomic E-state index is -0.337. The molecule has 1 aromatic carbocycles. The zero-order chi connectivity index (χ0) is 15.3. The number of nitrogen functional groups attached to an aromatic ring is 1. The molecule has 0 atom stereocenters. The molecule has 21 heavy (non-hydrogen) atoms. The van der Waals surface area contributed by atoms with Gasteiger partial charge in [-0.1, -0.05) is 0 Å². The summed E-state index contributed by atoms with van der Waals surface area (Å²) in [5.74, 6) is -0.00587. The minimum absolute atomic E-state index is 0.331. The second-order valence-electron chi connectivity index (χ2n) is 4.93. The first kappa shape index (κ1) is 14.1. The van der Waals surface area contributed by atoms with Crippen LogP contribution in [-0.2, 0) is 6.54 Å². The first-order valence-electron chi connectivity index (χ1n) is 6.61. The van der Waals surface area contributed by atoms with Crippen molar-refractivity contribution < 1.29 is 4.39 Å². The van der Waals surface area contributed by atoms with Gasteiger partial charge in [0.05, 0.1) is 15.9 Å². The van der Waals surface area contributed by atoms with Gasteiger partial charge in [0.1, 0.15) is 11.3 Å². The molecule has 0 bridgehead atoms. The standard InChI is InChI=1S/C14H15BrFN5/c1-4-20-13-12(8(3)19-20)18-14(17)21(13)11-6-10(16)9(15)5-7(11)2/h5-6H,4H2,1-3H3,(H2,17,18). The van der Waals surface area contributed by atoms with Crippen molar-refractivity contribution in [2.75, 3.05) is 5.73 Å². The molecule has 0 aliphatic heterocycles. The van der Waals surface area contributed by atoms with Crippen LogP contribution in [0.15, 0.2) is 16.6 Å². The van der Waals surface area contributed by atoms with E-state index in [1.807, 2.05) is 25.5 Å². The number of nitrogens with two attached hydrogens (primary N) is 1. The number of nitrogens with zero attached hydrogens (tertiary/aromatic N) is 4. The molecular formula is C14H15BrFN5. The Morgan fingerprint density at radius 1 is 1.33 bits per heavy atom. The molecular weight excluding hydrogens is 337 g/mol. The number of hydrogen-bond acceptors (Lipinski definition) is 3. The van der Waals surface area contributed by atoms with Crippen molar-refractivity contribution in [3.8, 4) is 5.69 Å². The summed E-state index contributed by atoms with van der Waals surface area (Å²) in [7, 11) is 0. The van der Waals surface area contributed by atoms with E-state index in [0.717, 1.165) is 22.4 Å². The third-order valence-corrected chi connectivity index (χ3v) is 4.12. The van der Waals surface area contributed by atoms with Crippen LogP contribution in [0.5, 0.6) is 0 Å². The Balaban J connectivity index is 2.40. The van der Waals surface area contributed by atoms with Gasteiger partial charge in [-0.25, -0.2) is 14.1 Å². The summed E-state index contributed by atoms with van der Waals surface area (Å²) in [5, 5.41) is 4.44. The molecule has 0 saturated heterocycles. The number of benzene rings is 1. The number of imidazole rings is 1. The molecule has 110 valence electrons. The molecule has 2 N–H and O–H groups in total. The number of aromatic nitrogens is 4. The van der Waals surface area contributed by atoms with Gasteiger partial charge in [-0.15, -0.1) is 0 Å². The summed E-state index contributed by atoms with van der Waals surface area (Å²) in [4.78, 5) is 4.37. The van der Waals surface area contributed by atoms with Crippen LogP contribution in [0.1, 0.15) is 18.2 Å². The fourth-order valence-corrected chi connectivity index (χ4v) is 2.98. The van der Waals surface area contributed by atoms with E-state index in [4.69, 9.17) is 5.73 Å². The first-order chi connectivity index (χ1) is 9.93. The van der Waals surface area contributed by atoms with E-state index in [0.29, 0.717) is 22.7 Å². The van der Waals surface area contributed by atoms with Crippen LogP contribution >= 0.6 is 15.9 Å². The first-order valence-corrected chi connectivity index (χ1v) is 7.40. The Bertz CT molecular complexity index is 849. The maximum Gasteiger partial charge on any atom is 0.207 e. The van der Waals surface area contributed by atoms with Crippen LogP contribution in [0.4, 0.5) is 10.3 Å². The van der Waals surface area contributed by atoms with Crippen molar-refractivity contribution >= 4 is 33.0 Å². The summed E-state index contributed by atoms with van der Waals surface area (Å²) in [5.41, 5.74) is 9.98. The molecule has 3 rings (SSSR count). The van der Waals surface area contributed by atoms with Crippen LogP contribution < -0.4 is 5.73 Å². The molecule has 0 radical (unpaired) electrons. The van der Waals surface area contributed by atoms with Gasteiger partial charge in [0.25, 0.3) is 0 Å². The highest BCUT2D eigenvalue weighted by atomic mass is 79.9. The molecule has 0 aliphatic carbocycles. The predicted octanol–water partition coefficient (Wildman–Crippen LogP) is 3.34. The number of aryl methyl sites for hydroxylation is 3. The second-order valence-corrected chi connectivity index (χ2v) is 5.79. The quantitative estimate of drug-likeness (QED) is 0.770. The van der Waals surface area contributed by atoms with E-state index in [2.05, 4.69) is 26.0 Å². The number of hydrogen-bond donors (Lipinski definition) is 1. The van der Waals surface area contributed by atoms with E-state index in [9.17, 15) is 4.39 Å². The van der Waals surface area contributed by atoms with E-state index >= 15 is 0 Å². The number of fused-ring (bicyclic) bond motifs is 1. The third-order valence-electron chi connectivity index (χ3n) is 3.52. The average Bonchev–Trinajstić information content (AvgIpc) is 2.91. The van der Waals surface area contributed by atoms with Crippen molar-refractivity contribution in [3.05, 3.63) is 33.7 Å². The van der Waals surface area contributed by atoms with Gasteiger partial charge in [-0.3, -0.25) is 4.57 Å². The molecule has 0 saturated carbocycles. The van der Waals surface area contributed by atoms with Gasteiger partial charge in [-0.2, -0.15) is 5.10 Å². The normalized spacial score (nSPS) is 11.5. The summed E-state index contributed by atoms with van der Waals surface area (Å²) in [6, 6.07) is 3.19. The van der Waals surface area contributed by atoms with E-state index in [1.165, 1.54) is 6.07 Å². The maximum atomic E-state index is 13.9. The minimum Gasteiger partial charge on any atom is -0.369 e. The zero-order valence-corrected chi connectivity index (χ0v) is 13.6. The largest absolute Gasteiger partial charge is 0.369 e. The molecule has 7 heteroatoms. The number of halogens is 2. The lowest BCUT2D eigenvalue weighted by Crippen LogP contribution is -2.08. The highest BCUT2D eigenvalue weighted by Crippen LogP contribution is 2.29.